The number of ether oxygens (including phenoxy) is 2. The standard InChI is InChI=1S/C9H7F4NO3/c1-16-8(15)4-2-3-5(14)7(6(4)10)17-9(11,12)13/h2-3H,14H2,1H3. The molecule has 0 unspecified atom stereocenters. The summed E-state index contributed by atoms with van der Waals surface area (Å²) in [6, 6.07) is 1.82. The van der Waals surface area contributed by atoms with Crippen molar-refractivity contribution in [3.05, 3.63) is 23.5 Å². The molecule has 0 spiro atoms. The number of anilines is 1. The van der Waals surface area contributed by atoms with Crippen molar-refractivity contribution in [2.75, 3.05) is 12.8 Å². The minimum absolute atomic E-state index is 0.576. The zero-order valence-corrected chi connectivity index (χ0v) is 8.47. The molecule has 0 aliphatic heterocycles. The second kappa shape index (κ2) is 4.48. The van der Waals surface area contributed by atoms with Crippen molar-refractivity contribution >= 4 is 11.7 Å². The van der Waals surface area contributed by atoms with Crippen LogP contribution in [0.25, 0.3) is 0 Å². The third-order valence-electron chi connectivity index (χ3n) is 1.75. The number of benzene rings is 1. The van der Waals surface area contributed by atoms with Gasteiger partial charge >= 0.3 is 12.3 Å². The molecule has 0 atom stereocenters. The van der Waals surface area contributed by atoms with E-state index in [-0.39, 0.29) is 0 Å². The number of rotatable bonds is 2. The summed E-state index contributed by atoms with van der Waals surface area (Å²) in [6.07, 6.45) is -5.11. The summed E-state index contributed by atoms with van der Waals surface area (Å²) < 4.78 is 56.9. The summed E-state index contributed by atoms with van der Waals surface area (Å²) in [7, 11) is 0.961. The van der Waals surface area contributed by atoms with Crippen LogP contribution in [0.5, 0.6) is 5.75 Å². The van der Waals surface area contributed by atoms with Gasteiger partial charge in [-0.05, 0) is 12.1 Å². The summed E-state index contributed by atoms with van der Waals surface area (Å²) in [6.45, 7) is 0. The number of hydrogen-bond acceptors (Lipinski definition) is 4. The van der Waals surface area contributed by atoms with E-state index in [0.29, 0.717) is 0 Å². The highest BCUT2D eigenvalue weighted by atomic mass is 19.4. The van der Waals surface area contributed by atoms with E-state index in [4.69, 9.17) is 5.73 Å². The van der Waals surface area contributed by atoms with Gasteiger partial charge in [-0.25, -0.2) is 9.18 Å². The van der Waals surface area contributed by atoms with E-state index in [2.05, 4.69) is 9.47 Å². The summed E-state index contributed by atoms with van der Waals surface area (Å²) in [4.78, 5) is 11.0. The molecule has 0 saturated carbocycles. The average Bonchev–Trinajstić information content (AvgIpc) is 2.22. The Morgan fingerprint density at radius 1 is 1.35 bits per heavy atom. The second-order valence-corrected chi connectivity index (χ2v) is 2.88. The molecule has 0 fully saturated rings. The number of esters is 1. The van der Waals surface area contributed by atoms with Gasteiger partial charge in [-0.2, -0.15) is 0 Å². The number of hydrogen-bond donors (Lipinski definition) is 1. The Labute approximate surface area is 92.9 Å². The van der Waals surface area contributed by atoms with Gasteiger partial charge in [-0.15, -0.1) is 13.2 Å². The smallest absolute Gasteiger partial charge is 0.465 e. The SMILES string of the molecule is COC(=O)c1ccc(N)c(OC(F)(F)F)c1F. The molecule has 0 heterocycles. The molecule has 0 saturated heterocycles. The number of carbonyl (C=O) groups is 1. The molecule has 0 aromatic heterocycles. The predicted molar refractivity (Wildman–Crippen MR) is 48.8 cm³/mol. The van der Waals surface area contributed by atoms with Crippen LogP contribution in [0.2, 0.25) is 0 Å². The second-order valence-electron chi connectivity index (χ2n) is 2.88. The number of nitrogens with two attached hydrogens (primary N) is 1. The van der Waals surface area contributed by atoms with Gasteiger partial charge in [0.05, 0.1) is 18.4 Å². The maximum atomic E-state index is 13.5. The summed E-state index contributed by atoms with van der Waals surface area (Å²) in [5, 5.41) is 0. The van der Waals surface area contributed by atoms with Crippen molar-refractivity contribution in [3.8, 4) is 5.75 Å². The lowest BCUT2D eigenvalue weighted by Gasteiger charge is -2.13. The van der Waals surface area contributed by atoms with E-state index in [1.54, 1.807) is 0 Å². The zero-order chi connectivity index (χ0) is 13.2. The van der Waals surface area contributed by atoms with Crippen LogP contribution >= 0.6 is 0 Å². The molecule has 1 aromatic carbocycles. The van der Waals surface area contributed by atoms with Gasteiger partial charge < -0.3 is 15.2 Å². The van der Waals surface area contributed by atoms with E-state index < -0.39 is 35.1 Å². The van der Waals surface area contributed by atoms with Gasteiger partial charge in [0.1, 0.15) is 0 Å². The molecule has 0 amide bonds. The molecule has 4 nitrogen and oxygen atoms in total. The lowest BCUT2D eigenvalue weighted by atomic mass is 10.2. The predicted octanol–water partition coefficient (Wildman–Crippen LogP) is 2.09. The van der Waals surface area contributed by atoms with Crippen molar-refractivity contribution in [3.63, 3.8) is 0 Å². The van der Waals surface area contributed by atoms with Crippen LogP contribution in [0.3, 0.4) is 0 Å². The Morgan fingerprint density at radius 3 is 2.41 bits per heavy atom. The van der Waals surface area contributed by atoms with Crippen LogP contribution in [0, 0.1) is 5.82 Å². The minimum atomic E-state index is -5.11. The highest BCUT2D eigenvalue weighted by Gasteiger charge is 2.34. The highest BCUT2D eigenvalue weighted by Crippen LogP contribution is 2.33. The molecule has 0 aliphatic carbocycles. The Bertz CT molecular complexity index is 445. The normalized spacial score (nSPS) is 11.1. The molecular weight excluding hydrogens is 246 g/mol. The van der Waals surface area contributed by atoms with Crippen LogP contribution in [0.15, 0.2) is 12.1 Å². The fourth-order valence-electron chi connectivity index (χ4n) is 1.06. The van der Waals surface area contributed by atoms with Crippen molar-refractivity contribution in [1.29, 1.82) is 0 Å². The first-order valence-corrected chi connectivity index (χ1v) is 4.18. The van der Waals surface area contributed by atoms with Gasteiger partial charge in [-0.1, -0.05) is 0 Å². The molecule has 8 heteroatoms. The maximum absolute atomic E-state index is 13.5. The molecule has 17 heavy (non-hydrogen) atoms. The van der Waals surface area contributed by atoms with E-state index in [0.717, 1.165) is 19.2 Å². The van der Waals surface area contributed by atoms with Crippen molar-refractivity contribution in [2.24, 2.45) is 0 Å². The van der Waals surface area contributed by atoms with Crippen LogP contribution in [-0.4, -0.2) is 19.4 Å². The van der Waals surface area contributed by atoms with E-state index >= 15 is 0 Å². The fraction of sp³-hybridized carbons (Fsp3) is 0.222. The quantitative estimate of drug-likeness (QED) is 0.498. The molecule has 0 radical (unpaired) electrons. The number of alkyl halides is 3. The lowest BCUT2D eigenvalue weighted by Crippen LogP contribution is -2.20. The van der Waals surface area contributed by atoms with Crippen LogP contribution in [0.4, 0.5) is 23.2 Å². The molecule has 2 N–H and O–H groups in total. The first kappa shape index (κ1) is 13.1. The monoisotopic (exact) mass is 253 g/mol. The zero-order valence-electron chi connectivity index (χ0n) is 8.47. The lowest BCUT2D eigenvalue weighted by molar-refractivity contribution is -0.275. The largest absolute Gasteiger partial charge is 0.573 e. The molecule has 0 aliphatic rings. The van der Waals surface area contributed by atoms with E-state index in [1.807, 2.05) is 0 Å². The van der Waals surface area contributed by atoms with E-state index in [1.165, 1.54) is 0 Å². The van der Waals surface area contributed by atoms with Crippen LogP contribution < -0.4 is 10.5 Å². The Hall–Kier alpha value is -1.99. The molecular formula is C9H7F4NO3. The first-order valence-electron chi connectivity index (χ1n) is 4.18. The van der Waals surface area contributed by atoms with Crippen LogP contribution in [-0.2, 0) is 4.74 Å². The van der Waals surface area contributed by atoms with Gasteiger partial charge in [0, 0.05) is 0 Å². The molecule has 1 rings (SSSR count). The van der Waals surface area contributed by atoms with Crippen molar-refractivity contribution < 1.29 is 31.8 Å². The third-order valence-corrected chi connectivity index (χ3v) is 1.75. The number of halogens is 4. The highest BCUT2D eigenvalue weighted by molar-refractivity contribution is 5.91. The van der Waals surface area contributed by atoms with Gasteiger partial charge in [0.2, 0.25) is 0 Å². The van der Waals surface area contributed by atoms with Crippen molar-refractivity contribution in [2.45, 2.75) is 6.36 Å². The maximum Gasteiger partial charge on any atom is 0.573 e. The van der Waals surface area contributed by atoms with E-state index in [9.17, 15) is 22.4 Å². The Morgan fingerprint density at radius 2 is 1.94 bits per heavy atom. The fourth-order valence-corrected chi connectivity index (χ4v) is 1.06. The Kier molecular flexibility index (Phi) is 3.45. The molecule has 0 bridgehead atoms. The molecule has 1 aromatic rings. The van der Waals surface area contributed by atoms with Gasteiger partial charge in [-0.3, -0.25) is 0 Å². The molecule has 94 valence electrons. The average molecular weight is 253 g/mol. The number of carbonyl (C=O) groups excluding carboxylic acids is 1. The topological polar surface area (TPSA) is 61.5 Å². The summed E-state index contributed by atoms with van der Waals surface area (Å²) >= 11 is 0. The summed E-state index contributed by atoms with van der Waals surface area (Å²) in [5.74, 6) is -3.90. The summed E-state index contributed by atoms with van der Waals surface area (Å²) in [5.41, 5.74) is 3.85. The third kappa shape index (κ3) is 2.99. The van der Waals surface area contributed by atoms with Gasteiger partial charge in [0.15, 0.2) is 11.6 Å². The van der Waals surface area contributed by atoms with Crippen molar-refractivity contribution in [1.82, 2.24) is 0 Å². The Balaban J connectivity index is 3.25. The number of nitrogen functional groups attached to an aromatic ring is 1. The first-order chi connectivity index (χ1) is 7.76. The number of methoxy groups -OCH3 is 1. The van der Waals surface area contributed by atoms with Crippen LogP contribution in [0.1, 0.15) is 10.4 Å². The minimum Gasteiger partial charge on any atom is -0.465 e. The van der Waals surface area contributed by atoms with Gasteiger partial charge in [0.25, 0.3) is 0 Å².